The Kier molecular flexibility index (Phi) is 12.4. The van der Waals surface area contributed by atoms with Gasteiger partial charge in [0.15, 0.2) is 0 Å². The number of benzene rings is 6. The van der Waals surface area contributed by atoms with E-state index in [1.54, 1.807) is 0 Å². The molecule has 0 aromatic heterocycles. The van der Waals surface area contributed by atoms with E-state index in [0.29, 0.717) is 0 Å². The molecule has 7 rings (SSSR count). The summed E-state index contributed by atoms with van der Waals surface area (Å²) in [5.74, 6) is -1.86. The number of fused-ring (bicyclic) bond motifs is 3. The first-order chi connectivity index (χ1) is 28.3. The zero-order valence-corrected chi connectivity index (χ0v) is 32.2. The molecule has 0 unspecified atom stereocenters. The van der Waals surface area contributed by atoms with Crippen molar-refractivity contribution < 1.29 is 28.7 Å². The second-order valence-corrected chi connectivity index (χ2v) is 14.3. The first-order valence-electron chi connectivity index (χ1n) is 19.4. The number of hydrogen-bond acceptors (Lipinski definition) is 6. The van der Waals surface area contributed by atoms with Crippen molar-refractivity contribution in [1.29, 1.82) is 0 Å². The number of amides is 3. The summed E-state index contributed by atoms with van der Waals surface area (Å²) in [7, 11) is 0. The van der Waals surface area contributed by atoms with Crippen LogP contribution in [0.25, 0.3) is 11.1 Å². The van der Waals surface area contributed by atoms with Gasteiger partial charge >= 0.3 is 12.1 Å². The Labute approximate surface area is 338 Å². The molecule has 3 amide bonds. The minimum atomic E-state index is -1.23. The minimum Gasteiger partial charge on any atom is -0.459 e. The molecule has 9 heteroatoms. The van der Waals surface area contributed by atoms with Crippen LogP contribution in [-0.4, -0.2) is 42.6 Å². The Morgan fingerprint density at radius 1 is 0.586 bits per heavy atom. The summed E-state index contributed by atoms with van der Waals surface area (Å²) in [5.41, 5.74) is 6.51. The Morgan fingerprint density at radius 2 is 1.05 bits per heavy atom. The van der Waals surface area contributed by atoms with Gasteiger partial charge in [-0.15, -0.1) is 0 Å². The highest BCUT2D eigenvalue weighted by Gasteiger charge is 2.38. The fourth-order valence-electron chi connectivity index (χ4n) is 7.61. The Bertz CT molecular complexity index is 2190. The van der Waals surface area contributed by atoms with E-state index in [9.17, 15) is 19.2 Å². The highest BCUT2D eigenvalue weighted by molar-refractivity contribution is 5.90. The number of hydrogen-bond donors (Lipinski definition) is 3. The van der Waals surface area contributed by atoms with E-state index in [-0.39, 0.29) is 37.9 Å². The van der Waals surface area contributed by atoms with Crippen LogP contribution in [0.1, 0.15) is 59.1 Å². The maximum absolute atomic E-state index is 14.2. The molecule has 3 N–H and O–H groups in total. The number of carbonyl (C=O) groups excluding carboxylic acids is 4. The first-order valence-corrected chi connectivity index (χ1v) is 19.4. The highest BCUT2D eigenvalue weighted by atomic mass is 16.5. The van der Waals surface area contributed by atoms with Gasteiger partial charge in [-0.05, 0) is 57.9 Å². The van der Waals surface area contributed by atoms with Crippen molar-refractivity contribution in [3.8, 4) is 11.1 Å². The quantitative estimate of drug-likeness (QED) is 0.0718. The van der Waals surface area contributed by atoms with Gasteiger partial charge in [-0.1, -0.05) is 170 Å². The topological polar surface area (TPSA) is 123 Å². The number of rotatable bonds is 15. The maximum Gasteiger partial charge on any atom is 0.407 e. The van der Waals surface area contributed by atoms with Gasteiger partial charge < -0.3 is 25.4 Å². The van der Waals surface area contributed by atoms with E-state index in [2.05, 4.69) is 16.0 Å². The van der Waals surface area contributed by atoms with Crippen LogP contribution in [-0.2, 0) is 36.0 Å². The van der Waals surface area contributed by atoms with E-state index in [1.807, 2.05) is 170 Å². The predicted octanol–water partition coefficient (Wildman–Crippen LogP) is 8.03. The van der Waals surface area contributed by atoms with Crippen LogP contribution in [0, 0.1) is 0 Å². The minimum absolute atomic E-state index is 0.0324. The average Bonchev–Trinajstić information content (AvgIpc) is 3.59. The van der Waals surface area contributed by atoms with Gasteiger partial charge in [-0.3, -0.25) is 9.59 Å². The molecule has 1 aliphatic carbocycles. The summed E-state index contributed by atoms with van der Waals surface area (Å²) in [6.07, 6.45) is -1.07. The van der Waals surface area contributed by atoms with Gasteiger partial charge in [0.05, 0.1) is 0 Å². The molecule has 0 saturated carbocycles. The van der Waals surface area contributed by atoms with Crippen LogP contribution in [0.4, 0.5) is 4.79 Å². The van der Waals surface area contributed by atoms with Crippen molar-refractivity contribution in [2.45, 2.75) is 49.9 Å². The van der Waals surface area contributed by atoms with E-state index in [4.69, 9.17) is 9.47 Å². The summed E-state index contributed by atoms with van der Waals surface area (Å²) in [4.78, 5) is 54.6. The van der Waals surface area contributed by atoms with Gasteiger partial charge in [0.2, 0.25) is 11.8 Å². The lowest BCUT2D eigenvalue weighted by molar-refractivity contribution is -0.148. The average molecular weight is 772 g/mol. The zero-order chi connectivity index (χ0) is 40.3. The van der Waals surface area contributed by atoms with E-state index in [0.717, 1.165) is 44.5 Å². The van der Waals surface area contributed by atoms with E-state index >= 15 is 0 Å². The van der Waals surface area contributed by atoms with Gasteiger partial charge in [0.25, 0.3) is 0 Å². The van der Waals surface area contributed by atoms with Crippen LogP contribution in [0.5, 0.6) is 0 Å². The summed E-state index contributed by atoms with van der Waals surface area (Å²) in [5, 5.41) is 8.69. The van der Waals surface area contributed by atoms with Gasteiger partial charge in [0, 0.05) is 12.3 Å². The number of esters is 1. The second kappa shape index (κ2) is 18.3. The lowest BCUT2D eigenvalue weighted by Crippen LogP contribution is -2.52. The molecule has 0 bridgehead atoms. The first kappa shape index (κ1) is 39.2. The molecule has 58 heavy (non-hydrogen) atoms. The van der Waals surface area contributed by atoms with Crippen molar-refractivity contribution in [2.24, 2.45) is 0 Å². The monoisotopic (exact) mass is 771 g/mol. The molecule has 9 nitrogen and oxygen atoms in total. The highest BCUT2D eigenvalue weighted by Crippen LogP contribution is 2.44. The van der Waals surface area contributed by atoms with Crippen LogP contribution in [0.3, 0.4) is 0 Å². The third-order valence-electron chi connectivity index (χ3n) is 10.5. The zero-order valence-electron chi connectivity index (χ0n) is 32.2. The molecule has 0 spiro atoms. The Balaban J connectivity index is 1.09. The van der Waals surface area contributed by atoms with Crippen LogP contribution in [0.15, 0.2) is 170 Å². The fourth-order valence-corrected chi connectivity index (χ4v) is 7.61. The number of carbonyl (C=O) groups is 4. The summed E-state index contributed by atoms with van der Waals surface area (Å²) in [6, 6.07) is 52.0. The second-order valence-electron chi connectivity index (χ2n) is 14.3. The molecule has 2 atom stereocenters. The normalized spacial score (nSPS) is 12.9. The predicted molar refractivity (Wildman–Crippen MR) is 222 cm³/mol. The van der Waals surface area contributed by atoms with Crippen molar-refractivity contribution in [3.05, 3.63) is 203 Å². The van der Waals surface area contributed by atoms with Crippen LogP contribution < -0.4 is 16.0 Å². The van der Waals surface area contributed by atoms with Crippen molar-refractivity contribution in [3.63, 3.8) is 0 Å². The van der Waals surface area contributed by atoms with E-state index < -0.39 is 35.6 Å². The maximum atomic E-state index is 14.2. The van der Waals surface area contributed by atoms with E-state index in [1.165, 1.54) is 6.92 Å². The summed E-state index contributed by atoms with van der Waals surface area (Å²) >= 11 is 0. The summed E-state index contributed by atoms with van der Waals surface area (Å²) in [6.45, 7) is 1.58. The largest absolute Gasteiger partial charge is 0.459 e. The molecule has 0 radical (unpaired) electrons. The molecule has 292 valence electrons. The molecular weight excluding hydrogens is 727 g/mol. The van der Waals surface area contributed by atoms with Crippen molar-refractivity contribution in [1.82, 2.24) is 16.0 Å². The fraction of sp³-hybridized carbons (Fsp3) is 0.184. The van der Waals surface area contributed by atoms with Crippen molar-refractivity contribution in [2.75, 3.05) is 6.61 Å². The SMILES string of the molecule is C[C@H](NC(=O)[C@H](CCC(=O)NC(c1ccccc1)(c1ccccc1)c1ccccc1)NC(=O)OCC1c2ccccc2-c2ccccc21)C(=O)OCc1ccccc1. The molecule has 0 saturated heterocycles. The molecule has 1 aliphatic rings. The van der Waals surface area contributed by atoms with Crippen molar-refractivity contribution >= 4 is 23.9 Å². The Hall–Kier alpha value is -7.00. The molecule has 0 fully saturated rings. The van der Waals surface area contributed by atoms with Gasteiger partial charge in [0.1, 0.15) is 30.8 Å². The molecule has 0 heterocycles. The molecule has 0 aliphatic heterocycles. The van der Waals surface area contributed by atoms with Gasteiger partial charge in [-0.2, -0.15) is 0 Å². The smallest absolute Gasteiger partial charge is 0.407 e. The Morgan fingerprint density at radius 3 is 1.57 bits per heavy atom. The molecular formula is C49H45N3O6. The molecule has 6 aromatic rings. The van der Waals surface area contributed by atoms with Crippen LogP contribution >= 0.6 is 0 Å². The number of alkyl carbamates (subject to hydrolysis) is 1. The van der Waals surface area contributed by atoms with Crippen LogP contribution in [0.2, 0.25) is 0 Å². The third-order valence-corrected chi connectivity index (χ3v) is 10.5. The summed E-state index contributed by atoms with van der Waals surface area (Å²) < 4.78 is 11.3. The number of ether oxygens (including phenoxy) is 2. The molecule has 6 aromatic carbocycles. The van der Waals surface area contributed by atoms with Gasteiger partial charge in [-0.25, -0.2) is 9.59 Å². The third kappa shape index (κ3) is 8.84. The lowest BCUT2D eigenvalue weighted by Gasteiger charge is -2.37. The standard InChI is InChI=1S/C49H45N3O6/c1-34(47(55)57-32-35-18-6-2-7-19-35)50-46(54)44(51-48(56)58-33-43-41-28-16-14-26-39(41)40-27-15-17-29-42(40)43)30-31-45(53)52-49(36-20-8-3-9-21-36,37-22-10-4-11-23-37)38-24-12-5-13-25-38/h2-29,34,43-44H,30-33H2,1H3,(H,50,54)(H,51,56)(H,52,53)/t34-,44-/m0/s1. The number of nitrogens with one attached hydrogen (secondary N) is 3. The lowest BCUT2D eigenvalue weighted by atomic mass is 9.77.